The molecule has 0 spiro atoms. The third-order valence-corrected chi connectivity index (χ3v) is 3.86. The summed E-state index contributed by atoms with van der Waals surface area (Å²) in [6, 6.07) is 18.8. The minimum atomic E-state index is 0.884. The standard InChI is InChI=1S/C17H14BrN/c18-16-9-4-10-17-15(16)11-13-19(17)12-5-8-14-6-2-1-3-7-14/h1-11,13H,12H2/b8-5+. The van der Waals surface area contributed by atoms with E-state index in [0.717, 1.165) is 11.0 Å². The van der Waals surface area contributed by atoms with Crippen LogP contribution in [0, 0.1) is 0 Å². The third kappa shape index (κ3) is 2.64. The molecule has 1 aromatic heterocycles. The molecule has 3 aromatic rings. The fourth-order valence-electron chi connectivity index (χ4n) is 2.21. The van der Waals surface area contributed by atoms with Crippen LogP contribution in [0.3, 0.4) is 0 Å². The van der Waals surface area contributed by atoms with Gasteiger partial charge in [0.25, 0.3) is 0 Å². The Labute approximate surface area is 121 Å². The van der Waals surface area contributed by atoms with Gasteiger partial charge in [-0.2, -0.15) is 0 Å². The summed E-state index contributed by atoms with van der Waals surface area (Å²) >= 11 is 3.58. The number of hydrogen-bond acceptors (Lipinski definition) is 0. The molecule has 2 aromatic carbocycles. The van der Waals surface area contributed by atoms with Crippen molar-refractivity contribution in [3.05, 3.63) is 76.9 Å². The van der Waals surface area contributed by atoms with Crippen LogP contribution >= 0.6 is 15.9 Å². The van der Waals surface area contributed by atoms with Gasteiger partial charge in [-0.15, -0.1) is 0 Å². The average molecular weight is 312 g/mol. The molecule has 0 aliphatic rings. The predicted molar refractivity (Wildman–Crippen MR) is 85.1 cm³/mol. The Morgan fingerprint density at radius 2 is 1.79 bits per heavy atom. The predicted octanol–water partition coefficient (Wildman–Crippen LogP) is 5.12. The lowest BCUT2D eigenvalue weighted by Crippen LogP contribution is -1.91. The van der Waals surface area contributed by atoms with E-state index < -0.39 is 0 Å². The first-order valence-corrected chi connectivity index (χ1v) is 7.09. The van der Waals surface area contributed by atoms with Gasteiger partial charge in [-0.25, -0.2) is 0 Å². The smallest absolute Gasteiger partial charge is 0.0494 e. The number of halogens is 1. The van der Waals surface area contributed by atoms with E-state index in [1.165, 1.54) is 16.5 Å². The molecule has 19 heavy (non-hydrogen) atoms. The lowest BCUT2D eigenvalue weighted by Gasteiger charge is -2.02. The van der Waals surface area contributed by atoms with Gasteiger partial charge in [0, 0.05) is 28.1 Å². The van der Waals surface area contributed by atoms with Crippen molar-refractivity contribution in [2.45, 2.75) is 6.54 Å². The van der Waals surface area contributed by atoms with E-state index in [9.17, 15) is 0 Å². The van der Waals surface area contributed by atoms with E-state index >= 15 is 0 Å². The molecule has 0 atom stereocenters. The van der Waals surface area contributed by atoms with E-state index in [2.05, 4.69) is 87.4 Å². The highest BCUT2D eigenvalue weighted by atomic mass is 79.9. The summed E-state index contributed by atoms with van der Waals surface area (Å²) in [4.78, 5) is 0. The first-order chi connectivity index (χ1) is 9.34. The number of hydrogen-bond donors (Lipinski definition) is 0. The first kappa shape index (κ1) is 12.2. The number of rotatable bonds is 3. The van der Waals surface area contributed by atoms with Crippen molar-refractivity contribution < 1.29 is 0 Å². The Balaban J connectivity index is 1.83. The van der Waals surface area contributed by atoms with Gasteiger partial charge in [-0.3, -0.25) is 0 Å². The molecule has 0 fully saturated rings. The first-order valence-electron chi connectivity index (χ1n) is 6.29. The van der Waals surface area contributed by atoms with Crippen LogP contribution in [0.15, 0.2) is 71.3 Å². The van der Waals surface area contributed by atoms with Crippen molar-refractivity contribution in [2.75, 3.05) is 0 Å². The quantitative estimate of drug-likeness (QED) is 0.633. The summed E-state index contributed by atoms with van der Waals surface area (Å²) < 4.78 is 3.40. The Kier molecular flexibility index (Phi) is 3.51. The average Bonchev–Trinajstić information content (AvgIpc) is 2.85. The largest absolute Gasteiger partial charge is 0.344 e. The normalized spacial score (nSPS) is 11.4. The number of nitrogens with zero attached hydrogens (tertiary/aromatic N) is 1. The second-order valence-corrected chi connectivity index (χ2v) is 5.31. The number of benzene rings is 2. The van der Waals surface area contributed by atoms with Crippen molar-refractivity contribution in [1.29, 1.82) is 0 Å². The highest BCUT2D eigenvalue weighted by Gasteiger charge is 2.01. The van der Waals surface area contributed by atoms with Crippen molar-refractivity contribution in [3.63, 3.8) is 0 Å². The second kappa shape index (κ2) is 5.45. The molecule has 0 aliphatic carbocycles. The van der Waals surface area contributed by atoms with Gasteiger partial charge in [0.1, 0.15) is 0 Å². The van der Waals surface area contributed by atoms with Crippen molar-refractivity contribution in [1.82, 2.24) is 4.57 Å². The van der Waals surface area contributed by atoms with Crippen LogP contribution in [0.2, 0.25) is 0 Å². The fourth-order valence-corrected chi connectivity index (χ4v) is 2.70. The van der Waals surface area contributed by atoms with Gasteiger partial charge in [0.15, 0.2) is 0 Å². The van der Waals surface area contributed by atoms with Gasteiger partial charge in [-0.05, 0) is 23.8 Å². The van der Waals surface area contributed by atoms with Crippen molar-refractivity contribution in [2.24, 2.45) is 0 Å². The molecule has 0 radical (unpaired) electrons. The summed E-state index contributed by atoms with van der Waals surface area (Å²) in [5, 5.41) is 1.26. The molecule has 0 unspecified atom stereocenters. The van der Waals surface area contributed by atoms with Gasteiger partial charge in [0.05, 0.1) is 0 Å². The summed E-state index contributed by atoms with van der Waals surface area (Å²) in [6.07, 6.45) is 6.48. The van der Waals surface area contributed by atoms with Crippen LogP contribution in [-0.2, 0) is 6.54 Å². The molecule has 1 nitrogen and oxygen atoms in total. The molecule has 1 heterocycles. The van der Waals surface area contributed by atoms with Gasteiger partial charge >= 0.3 is 0 Å². The topological polar surface area (TPSA) is 4.93 Å². The second-order valence-electron chi connectivity index (χ2n) is 4.45. The fraction of sp³-hybridized carbons (Fsp3) is 0.0588. The van der Waals surface area contributed by atoms with Crippen molar-refractivity contribution in [3.8, 4) is 0 Å². The Bertz CT molecular complexity index is 710. The van der Waals surface area contributed by atoms with Gasteiger partial charge in [-0.1, -0.05) is 64.5 Å². The maximum atomic E-state index is 3.58. The minimum absolute atomic E-state index is 0.884. The molecule has 0 saturated carbocycles. The molecule has 0 amide bonds. The van der Waals surface area contributed by atoms with E-state index in [4.69, 9.17) is 0 Å². The Morgan fingerprint density at radius 1 is 0.947 bits per heavy atom. The Morgan fingerprint density at radius 3 is 2.63 bits per heavy atom. The van der Waals surface area contributed by atoms with Crippen LogP contribution < -0.4 is 0 Å². The summed E-state index contributed by atoms with van der Waals surface area (Å²) in [7, 11) is 0. The number of aromatic nitrogens is 1. The Hall–Kier alpha value is -1.80. The molecule has 94 valence electrons. The molecule has 0 bridgehead atoms. The van der Waals surface area contributed by atoms with E-state index in [-0.39, 0.29) is 0 Å². The maximum Gasteiger partial charge on any atom is 0.0494 e. The van der Waals surface area contributed by atoms with E-state index in [1.54, 1.807) is 0 Å². The highest BCUT2D eigenvalue weighted by molar-refractivity contribution is 9.10. The number of allylic oxidation sites excluding steroid dienone is 1. The van der Waals surface area contributed by atoms with Crippen LogP contribution in [0.25, 0.3) is 17.0 Å². The lowest BCUT2D eigenvalue weighted by molar-refractivity contribution is 0.866. The summed E-state index contributed by atoms with van der Waals surface area (Å²) in [6.45, 7) is 0.884. The zero-order chi connectivity index (χ0) is 13.1. The summed E-state index contributed by atoms with van der Waals surface area (Å²) in [5.74, 6) is 0. The van der Waals surface area contributed by atoms with Gasteiger partial charge in [0.2, 0.25) is 0 Å². The zero-order valence-corrected chi connectivity index (χ0v) is 12.0. The van der Waals surface area contributed by atoms with Gasteiger partial charge < -0.3 is 4.57 Å². The maximum absolute atomic E-state index is 3.58. The van der Waals surface area contributed by atoms with Crippen LogP contribution in [0.5, 0.6) is 0 Å². The molecule has 0 saturated heterocycles. The summed E-state index contributed by atoms with van der Waals surface area (Å²) in [5.41, 5.74) is 2.49. The number of fused-ring (bicyclic) bond motifs is 1. The lowest BCUT2D eigenvalue weighted by atomic mass is 10.2. The molecule has 2 heteroatoms. The molecular weight excluding hydrogens is 298 g/mol. The monoisotopic (exact) mass is 311 g/mol. The SMILES string of the molecule is Brc1cccc2c1ccn2C/C=C/c1ccccc1. The van der Waals surface area contributed by atoms with Crippen LogP contribution in [0.1, 0.15) is 5.56 Å². The third-order valence-electron chi connectivity index (χ3n) is 3.17. The molecular formula is C17H14BrN. The zero-order valence-electron chi connectivity index (χ0n) is 10.5. The molecule has 0 N–H and O–H groups in total. The molecule has 0 aliphatic heterocycles. The van der Waals surface area contributed by atoms with E-state index in [0.29, 0.717) is 0 Å². The molecule has 3 rings (SSSR count). The van der Waals surface area contributed by atoms with Crippen molar-refractivity contribution >= 4 is 32.9 Å². The van der Waals surface area contributed by atoms with Crippen LogP contribution in [-0.4, -0.2) is 4.57 Å². The van der Waals surface area contributed by atoms with Crippen LogP contribution in [0.4, 0.5) is 0 Å². The highest BCUT2D eigenvalue weighted by Crippen LogP contribution is 2.24. The minimum Gasteiger partial charge on any atom is -0.344 e. The van der Waals surface area contributed by atoms with E-state index in [1.807, 2.05) is 6.07 Å².